The maximum Gasteiger partial charge on any atom is 0.247 e. The molecule has 8 nitrogen and oxygen atoms in total. The third-order valence-corrected chi connectivity index (χ3v) is 6.60. The van der Waals surface area contributed by atoms with Gasteiger partial charge in [-0.2, -0.15) is 0 Å². The van der Waals surface area contributed by atoms with Gasteiger partial charge >= 0.3 is 0 Å². The van der Waals surface area contributed by atoms with Gasteiger partial charge in [-0.15, -0.1) is 0 Å². The summed E-state index contributed by atoms with van der Waals surface area (Å²) in [6.07, 6.45) is 5.40. The number of allylic oxidation sites excluding steroid dienone is 1. The van der Waals surface area contributed by atoms with Crippen molar-refractivity contribution in [3.8, 4) is 11.5 Å². The van der Waals surface area contributed by atoms with Crippen molar-refractivity contribution in [2.24, 2.45) is 4.99 Å². The van der Waals surface area contributed by atoms with Gasteiger partial charge in [0.1, 0.15) is 5.69 Å². The molecule has 1 saturated carbocycles. The first-order valence-electron chi connectivity index (χ1n) is 10.9. The van der Waals surface area contributed by atoms with Crippen molar-refractivity contribution < 1.29 is 27.8 Å². The Bertz CT molecular complexity index is 1320. The Balaban J connectivity index is 1.58. The number of halogens is 2. The SMILES string of the molecule is C=CC(=O)NC1=C(c2cc3c(cn2)CN(c2c(F)c(OC)cc(OC)c2F)C(=O)C32CC2)CN=C1. The van der Waals surface area contributed by atoms with Crippen molar-refractivity contribution in [3.05, 3.63) is 65.1 Å². The fraction of sp³-hybridized carbons (Fsp3) is 0.280. The zero-order valence-electron chi connectivity index (χ0n) is 19.2. The van der Waals surface area contributed by atoms with Crippen molar-refractivity contribution >= 4 is 29.3 Å². The number of hydrogen-bond donors (Lipinski definition) is 1. The highest BCUT2D eigenvalue weighted by Crippen LogP contribution is 2.55. The van der Waals surface area contributed by atoms with E-state index in [0.717, 1.165) is 22.6 Å². The van der Waals surface area contributed by atoms with E-state index in [0.29, 0.717) is 41.9 Å². The zero-order valence-corrected chi connectivity index (χ0v) is 19.2. The largest absolute Gasteiger partial charge is 0.493 e. The Morgan fingerprint density at radius 2 is 1.89 bits per heavy atom. The minimum Gasteiger partial charge on any atom is -0.493 e. The maximum absolute atomic E-state index is 15.2. The van der Waals surface area contributed by atoms with Crippen molar-refractivity contribution in [3.63, 3.8) is 0 Å². The van der Waals surface area contributed by atoms with E-state index >= 15 is 8.78 Å². The Morgan fingerprint density at radius 1 is 1.20 bits per heavy atom. The van der Waals surface area contributed by atoms with Crippen LogP contribution in [0.3, 0.4) is 0 Å². The summed E-state index contributed by atoms with van der Waals surface area (Å²) in [6.45, 7) is 3.71. The number of methoxy groups -OCH3 is 2. The number of amides is 2. The van der Waals surface area contributed by atoms with Gasteiger partial charge in [-0.05, 0) is 36.1 Å². The Hall–Kier alpha value is -4.08. The van der Waals surface area contributed by atoms with E-state index < -0.39 is 28.6 Å². The van der Waals surface area contributed by atoms with Gasteiger partial charge in [0, 0.05) is 24.1 Å². The number of benzene rings is 1. The minimum absolute atomic E-state index is 0.0665. The number of ether oxygens (including phenoxy) is 2. The number of nitrogens with zero attached hydrogens (tertiary/aromatic N) is 3. The summed E-state index contributed by atoms with van der Waals surface area (Å²) in [5.41, 5.74) is 1.86. The second-order valence-electron chi connectivity index (χ2n) is 8.51. The van der Waals surface area contributed by atoms with Crippen LogP contribution in [0.25, 0.3) is 5.57 Å². The summed E-state index contributed by atoms with van der Waals surface area (Å²) in [7, 11) is 2.52. The highest BCUT2D eigenvalue weighted by molar-refractivity contribution is 6.06. The van der Waals surface area contributed by atoms with Crippen LogP contribution in [0.4, 0.5) is 14.5 Å². The lowest BCUT2D eigenvalue weighted by atomic mass is 9.85. The van der Waals surface area contributed by atoms with E-state index in [9.17, 15) is 9.59 Å². The molecule has 1 aliphatic carbocycles. The van der Waals surface area contributed by atoms with Gasteiger partial charge in [0.05, 0.1) is 44.1 Å². The molecule has 5 rings (SSSR count). The molecule has 3 heterocycles. The molecule has 0 atom stereocenters. The third kappa shape index (κ3) is 3.48. The average molecular weight is 480 g/mol. The fourth-order valence-electron chi connectivity index (χ4n) is 4.64. The molecule has 1 fully saturated rings. The molecule has 1 spiro atoms. The lowest BCUT2D eigenvalue weighted by Gasteiger charge is -2.35. The summed E-state index contributed by atoms with van der Waals surface area (Å²) in [4.78, 5) is 35.3. The Labute approximate surface area is 200 Å². The molecule has 0 radical (unpaired) electrons. The number of rotatable bonds is 6. The number of carbonyl (C=O) groups excluding carboxylic acids is 2. The summed E-state index contributed by atoms with van der Waals surface area (Å²) in [5.74, 6) is -3.16. The quantitative estimate of drug-likeness (QED) is 0.642. The minimum atomic E-state index is -0.973. The number of aromatic nitrogens is 1. The summed E-state index contributed by atoms with van der Waals surface area (Å²) >= 11 is 0. The number of hydrogen-bond acceptors (Lipinski definition) is 6. The van der Waals surface area contributed by atoms with E-state index in [1.807, 2.05) is 6.07 Å². The maximum atomic E-state index is 15.2. The van der Waals surface area contributed by atoms with Gasteiger partial charge in [0.25, 0.3) is 0 Å². The molecule has 0 saturated heterocycles. The van der Waals surface area contributed by atoms with Gasteiger partial charge in [0.2, 0.25) is 11.8 Å². The fourth-order valence-corrected chi connectivity index (χ4v) is 4.64. The Morgan fingerprint density at radius 3 is 2.49 bits per heavy atom. The first-order valence-corrected chi connectivity index (χ1v) is 10.9. The van der Waals surface area contributed by atoms with E-state index in [2.05, 4.69) is 21.9 Å². The molecule has 10 heteroatoms. The molecule has 1 aromatic heterocycles. The molecule has 180 valence electrons. The molecule has 0 unspecified atom stereocenters. The van der Waals surface area contributed by atoms with Crippen LogP contribution in [0.1, 0.15) is 29.7 Å². The van der Waals surface area contributed by atoms with Crippen LogP contribution in [0.15, 0.2) is 41.7 Å². The predicted octanol–water partition coefficient (Wildman–Crippen LogP) is 3.05. The highest BCUT2D eigenvalue weighted by atomic mass is 19.1. The van der Waals surface area contributed by atoms with Gasteiger partial charge in [-0.1, -0.05) is 6.58 Å². The molecule has 2 aromatic rings. The monoisotopic (exact) mass is 480 g/mol. The van der Waals surface area contributed by atoms with Crippen LogP contribution in [0.5, 0.6) is 11.5 Å². The summed E-state index contributed by atoms with van der Waals surface area (Å²) < 4.78 is 40.5. The van der Waals surface area contributed by atoms with E-state index in [-0.39, 0.29) is 24.0 Å². The van der Waals surface area contributed by atoms with Gasteiger partial charge in [-0.25, -0.2) is 8.78 Å². The average Bonchev–Trinajstić information content (AvgIpc) is 3.53. The van der Waals surface area contributed by atoms with Crippen molar-refractivity contribution in [2.75, 3.05) is 25.7 Å². The smallest absolute Gasteiger partial charge is 0.247 e. The van der Waals surface area contributed by atoms with Crippen molar-refractivity contribution in [1.82, 2.24) is 10.3 Å². The topological polar surface area (TPSA) is 93.1 Å². The number of fused-ring (bicyclic) bond motifs is 2. The molecule has 1 N–H and O–H groups in total. The number of anilines is 1. The van der Waals surface area contributed by atoms with E-state index in [1.165, 1.54) is 14.2 Å². The van der Waals surface area contributed by atoms with Crippen LogP contribution in [0.2, 0.25) is 0 Å². The third-order valence-electron chi connectivity index (χ3n) is 6.60. The van der Waals surface area contributed by atoms with Gasteiger partial charge in [0.15, 0.2) is 23.1 Å². The van der Waals surface area contributed by atoms with E-state index in [1.54, 1.807) is 12.4 Å². The van der Waals surface area contributed by atoms with Crippen molar-refractivity contribution in [2.45, 2.75) is 24.8 Å². The normalized spacial score (nSPS) is 17.5. The molecular weight excluding hydrogens is 458 g/mol. The van der Waals surface area contributed by atoms with E-state index in [4.69, 9.17) is 9.47 Å². The first-order chi connectivity index (χ1) is 16.8. The van der Waals surface area contributed by atoms with Crippen LogP contribution >= 0.6 is 0 Å². The van der Waals surface area contributed by atoms with Crippen molar-refractivity contribution in [1.29, 1.82) is 0 Å². The molecule has 3 aliphatic rings. The summed E-state index contributed by atoms with van der Waals surface area (Å²) in [6, 6.07) is 2.93. The second kappa shape index (κ2) is 8.30. The van der Waals surface area contributed by atoms with Crippen LogP contribution in [0, 0.1) is 11.6 Å². The van der Waals surface area contributed by atoms with Crippen LogP contribution < -0.4 is 19.7 Å². The number of nitrogens with one attached hydrogen (secondary N) is 1. The van der Waals surface area contributed by atoms with Crippen LogP contribution in [-0.2, 0) is 21.5 Å². The number of carbonyl (C=O) groups is 2. The van der Waals surface area contributed by atoms with Gasteiger partial charge < -0.3 is 19.7 Å². The number of aliphatic imine (C=N–C) groups is 1. The lowest BCUT2D eigenvalue weighted by Crippen LogP contribution is -2.45. The standard InChI is InChI=1S/C25H22F2N4O4/c1-4-20(32)30-17-11-28-10-14(17)16-7-15-13(9-29-16)12-31(24(33)25(15)5-6-25)23-21(26)18(34-2)8-19(35-3)22(23)27/h4,7-9,11H,1,5-6,10,12H2,2-3H3,(H,30,32). The van der Waals surface area contributed by atoms with Gasteiger partial charge in [-0.3, -0.25) is 19.6 Å². The zero-order chi connectivity index (χ0) is 24.9. The molecule has 2 amide bonds. The Kier molecular flexibility index (Phi) is 5.38. The first kappa shape index (κ1) is 22.7. The predicted molar refractivity (Wildman–Crippen MR) is 124 cm³/mol. The second-order valence-corrected chi connectivity index (χ2v) is 8.51. The molecule has 1 aromatic carbocycles. The molecule has 35 heavy (non-hydrogen) atoms. The molecular formula is C25H22F2N4O4. The lowest BCUT2D eigenvalue weighted by molar-refractivity contribution is -0.121. The summed E-state index contributed by atoms with van der Waals surface area (Å²) in [5, 5.41) is 2.72. The molecule has 0 bridgehead atoms. The van der Waals surface area contributed by atoms with Crippen LogP contribution in [-0.4, -0.2) is 43.8 Å². The highest BCUT2D eigenvalue weighted by Gasteiger charge is 2.57. The number of pyridine rings is 1. The molecule has 2 aliphatic heterocycles.